The lowest BCUT2D eigenvalue weighted by Gasteiger charge is -2.15. The van der Waals surface area contributed by atoms with E-state index in [1.54, 1.807) is 13.0 Å². The molecule has 1 aromatic carbocycles. The van der Waals surface area contributed by atoms with Gasteiger partial charge in [-0.15, -0.1) is 0 Å². The fourth-order valence-corrected chi connectivity index (χ4v) is 2.56. The minimum Gasteiger partial charge on any atom is -0.494 e. The van der Waals surface area contributed by atoms with Crippen LogP contribution in [-0.2, 0) is 11.3 Å². The minimum atomic E-state index is -0.519. The van der Waals surface area contributed by atoms with E-state index >= 15 is 0 Å². The third-order valence-corrected chi connectivity index (χ3v) is 3.87. The minimum absolute atomic E-state index is 0.0990. The molecule has 0 aliphatic carbocycles. The summed E-state index contributed by atoms with van der Waals surface area (Å²) in [4.78, 5) is 22.7. The van der Waals surface area contributed by atoms with Crippen molar-refractivity contribution in [2.45, 2.75) is 33.4 Å². The van der Waals surface area contributed by atoms with Crippen molar-refractivity contribution in [2.75, 3.05) is 7.11 Å². The Morgan fingerprint density at radius 3 is 2.68 bits per heavy atom. The third kappa shape index (κ3) is 3.93. The molecule has 0 aliphatic rings. The molecule has 25 heavy (non-hydrogen) atoms. The van der Waals surface area contributed by atoms with Gasteiger partial charge in [0, 0.05) is 0 Å². The van der Waals surface area contributed by atoms with Crippen LogP contribution in [0.5, 0.6) is 5.75 Å². The van der Waals surface area contributed by atoms with Crippen molar-refractivity contribution in [3.63, 3.8) is 0 Å². The Morgan fingerprint density at radius 2 is 2.16 bits per heavy atom. The first-order valence-electron chi connectivity index (χ1n) is 7.55. The van der Waals surface area contributed by atoms with Crippen molar-refractivity contribution >= 4 is 11.6 Å². The lowest BCUT2D eigenvalue weighted by Crippen LogP contribution is -2.30. The topological polar surface area (TPSA) is 99.3 Å². The summed E-state index contributed by atoms with van der Waals surface area (Å²) in [6.45, 7) is 4.60. The molecule has 0 aliphatic heterocycles. The summed E-state index contributed by atoms with van der Waals surface area (Å²) in [5, 5.41) is 17.7. The van der Waals surface area contributed by atoms with Crippen molar-refractivity contribution in [1.29, 1.82) is 0 Å². The molecule has 0 saturated heterocycles. The summed E-state index contributed by atoms with van der Waals surface area (Å²) in [6.07, 6.45) is 0. The smallest absolute Gasteiger partial charge is 0.312 e. The molecule has 0 fully saturated rings. The normalized spacial score (nSPS) is 11.9. The predicted molar refractivity (Wildman–Crippen MR) is 87.9 cm³/mol. The van der Waals surface area contributed by atoms with Gasteiger partial charge in [0.2, 0.25) is 5.91 Å². The number of methoxy groups -OCH3 is 1. The number of nitro groups is 1. The van der Waals surface area contributed by atoms with E-state index in [1.165, 1.54) is 37.8 Å². The summed E-state index contributed by atoms with van der Waals surface area (Å²) < 4.78 is 19.9. The second kappa shape index (κ2) is 7.29. The Kier molecular flexibility index (Phi) is 5.35. The number of hydrogen-bond acceptors (Lipinski definition) is 5. The first-order chi connectivity index (χ1) is 11.7. The van der Waals surface area contributed by atoms with Crippen molar-refractivity contribution in [2.24, 2.45) is 0 Å². The van der Waals surface area contributed by atoms with Crippen LogP contribution in [0.1, 0.15) is 29.9 Å². The zero-order valence-electron chi connectivity index (χ0n) is 14.4. The molecule has 1 atom stereocenters. The highest BCUT2D eigenvalue weighted by Crippen LogP contribution is 2.23. The largest absolute Gasteiger partial charge is 0.494 e. The molecular weight excluding hydrogens is 331 g/mol. The van der Waals surface area contributed by atoms with E-state index in [0.29, 0.717) is 11.3 Å². The Hall–Kier alpha value is -2.97. The number of halogens is 1. The molecule has 1 amide bonds. The highest BCUT2D eigenvalue weighted by molar-refractivity contribution is 5.76. The second-order valence-corrected chi connectivity index (χ2v) is 5.62. The van der Waals surface area contributed by atoms with Gasteiger partial charge in [-0.2, -0.15) is 5.10 Å². The number of rotatable bonds is 6. The van der Waals surface area contributed by atoms with Crippen LogP contribution in [0.2, 0.25) is 0 Å². The second-order valence-electron chi connectivity index (χ2n) is 5.62. The Labute approximate surface area is 143 Å². The maximum Gasteiger partial charge on any atom is 0.312 e. The molecule has 1 aromatic heterocycles. The number of ether oxygens (including phenoxy) is 1. The average Bonchev–Trinajstić information content (AvgIpc) is 2.80. The van der Waals surface area contributed by atoms with E-state index in [0.717, 1.165) is 0 Å². The van der Waals surface area contributed by atoms with Crippen LogP contribution >= 0.6 is 0 Å². The Bertz CT molecular complexity index is 819. The fourth-order valence-electron chi connectivity index (χ4n) is 2.56. The van der Waals surface area contributed by atoms with E-state index < -0.39 is 16.8 Å². The predicted octanol–water partition coefficient (Wildman–Crippen LogP) is 2.43. The summed E-state index contributed by atoms with van der Waals surface area (Å²) in [5.74, 6) is -0.781. The molecule has 8 nitrogen and oxygen atoms in total. The number of aromatic nitrogens is 2. The summed E-state index contributed by atoms with van der Waals surface area (Å²) in [6, 6.07) is 3.98. The number of amides is 1. The Morgan fingerprint density at radius 1 is 1.48 bits per heavy atom. The van der Waals surface area contributed by atoms with Crippen LogP contribution in [0, 0.1) is 29.8 Å². The van der Waals surface area contributed by atoms with Crippen molar-refractivity contribution in [1.82, 2.24) is 15.1 Å². The number of benzene rings is 1. The molecule has 1 heterocycles. The molecule has 134 valence electrons. The SMILES string of the molecule is COc1ccc(C(C)NC(=O)Cn2nc(C)c([N+](=O)[O-])c2C)cc1F. The third-order valence-electron chi connectivity index (χ3n) is 3.87. The molecule has 2 aromatic rings. The van der Waals surface area contributed by atoms with Crippen molar-refractivity contribution in [3.8, 4) is 5.75 Å². The van der Waals surface area contributed by atoms with Crippen LogP contribution in [0.3, 0.4) is 0 Å². The van der Waals surface area contributed by atoms with Gasteiger partial charge in [0.25, 0.3) is 0 Å². The van der Waals surface area contributed by atoms with E-state index in [-0.39, 0.29) is 29.6 Å². The van der Waals surface area contributed by atoms with Gasteiger partial charge < -0.3 is 10.1 Å². The highest BCUT2D eigenvalue weighted by Gasteiger charge is 2.23. The summed E-state index contributed by atoms with van der Waals surface area (Å²) >= 11 is 0. The van der Waals surface area contributed by atoms with Gasteiger partial charge >= 0.3 is 5.69 Å². The van der Waals surface area contributed by atoms with Crippen LogP contribution in [0.25, 0.3) is 0 Å². The molecule has 9 heteroatoms. The number of carbonyl (C=O) groups excluding carboxylic acids is 1. The van der Waals surface area contributed by atoms with Crippen molar-refractivity contribution < 1.29 is 18.8 Å². The van der Waals surface area contributed by atoms with Gasteiger partial charge in [-0.3, -0.25) is 19.6 Å². The monoisotopic (exact) mass is 350 g/mol. The van der Waals surface area contributed by atoms with Gasteiger partial charge in [-0.25, -0.2) is 4.39 Å². The molecule has 0 spiro atoms. The van der Waals surface area contributed by atoms with Gasteiger partial charge in [0.1, 0.15) is 17.9 Å². The number of hydrogen-bond donors (Lipinski definition) is 1. The van der Waals surface area contributed by atoms with E-state index in [2.05, 4.69) is 10.4 Å². The zero-order chi connectivity index (χ0) is 18.7. The van der Waals surface area contributed by atoms with Crippen LogP contribution in [0.4, 0.5) is 10.1 Å². The maximum absolute atomic E-state index is 13.8. The Balaban J connectivity index is 2.09. The van der Waals surface area contributed by atoms with E-state index in [9.17, 15) is 19.3 Å². The number of nitrogens with zero attached hydrogens (tertiary/aromatic N) is 3. The quantitative estimate of drug-likeness (QED) is 0.637. The first kappa shape index (κ1) is 18.4. The average molecular weight is 350 g/mol. The first-order valence-corrected chi connectivity index (χ1v) is 7.55. The van der Waals surface area contributed by atoms with Crippen molar-refractivity contribution in [3.05, 3.63) is 51.1 Å². The molecule has 1 unspecified atom stereocenters. The number of carbonyl (C=O) groups is 1. The van der Waals surface area contributed by atoms with Crippen LogP contribution in [0.15, 0.2) is 18.2 Å². The van der Waals surface area contributed by atoms with Gasteiger partial charge in [0.15, 0.2) is 11.6 Å². The standard InChI is InChI=1S/C16H19FN4O4/c1-9(12-5-6-14(25-4)13(17)7-12)18-15(22)8-20-11(3)16(21(23)24)10(2)19-20/h5-7,9H,8H2,1-4H3,(H,18,22). The zero-order valence-corrected chi connectivity index (χ0v) is 14.4. The lowest BCUT2D eigenvalue weighted by atomic mass is 10.1. The molecule has 0 bridgehead atoms. The van der Waals surface area contributed by atoms with E-state index in [1.807, 2.05) is 0 Å². The summed E-state index contributed by atoms with van der Waals surface area (Å²) in [5.41, 5.74) is 1.03. The molecular formula is C16H19FN4O4. The molecule has 2 rings (SSSR count). The lowest BCUT2D eigenvalue weighted by molar-refractivity contribution is -0.386. The molecule has 1 N–H and O–H groups in total. The van der Waals surface area contributed by atoms with Gasteiger partial charge in [-0.05, 0) is 38.5 Å². The van der Waals surface area contributed by atoms with Gasteiger partial charge in [0.05, 0.1) is 18.1 Å². The van der Waals surface area contributed by atoms with Crippen LogP contribution in [-0.4, -0.2) is 27.7 Å². The summed E-state index contributed by atoms with van der Waals surface area (Å²) in [7, 11) is 1.37. The van der Waals surface area contributed by atoms with Crippen LogP contribution < -0.4 is 10.1 Å². The fraction of sp³-hybridized carbons (Fsp3) is 0.375. The maximum atomic E-state index is 13.8. The van der Waals surface area contributed by atoms with Gasteiger partial charge in [-0.1, -0.05) is 6.07 Å². The van der Waals surface area contributed by atoms with E-state index in [4.69, 9.17) is 4.74 Å². The molecule has 0 radical (unpaired) electrons. The number of nitrogens with one attached hydrogen (secondary N) is 1. The highest BCUT2D eigenvalue weighted by atomic mass is 19.1. The molecule has 0 saturated carbocycles. The number of aryl methyl sites for hydroxylation is 1.